The van der Waals surface area contributed by atoms with Gasteiger partial charge in [-0.15, -0.1) is 0 Å². The summed E-state index contributed by atoms with van der Waals surface area (Å²) in [5.41, 5.74) is 8.07. The van der Waals surface area contributed by atoms with Gasteiger partial charge in [0.1, 0.15) is 17.8 Å². The molecule has 178 valence electrons. The number of carboxylic acids is 1. The largest absolute Gasteiger partial charge is 0.508 e. The van der Waals surface area contributed by atoms with Crippen molar-refractivity contribution in [2.45, 2.75) is 37.4 Å². The number of nitrogens with zero attached hydrogens (tertiary/aromatic N) is 1. The Morgan fingerprint density at radius 3 is 2.12 bits per heavy atom. The number of amides is 2. The number of nitrogens with one attached hydrogen (secondary N) is 3. The monoisotopic (exact) mass is 465 g/mol. The van der Waals surface area contributed by atoms with E-state index in [-0.39, 0.29) is 25.0 Å². The number of H-pyrrole nitrogens is 1. The Labute approximate surface area is 196 Å². The van der Waals surface area contributed by atoms with Crippen LogP contribution in [0.15, 0.2) is 67.1 Å². The Balaban J connectivity index is 1.73. The van der Waals surface area contributed by atoms with E-state index < -0.39 is 35.9 Å². The molecule has 34 heavy (non-hydrogen) atoms. The second-order valence-electron chi connectivity index (χ2n) is 7.91. The maximum atomic E-state index is 13.1. The maximum absolute atomic E-state index is 13.1. The van der Waals surface area contributed by atoms with Gasteiger partial charge in [0, 0.05) is 31.2 Å². The Hall–Kier alpha value is -4.18. The van der Waals surface area contributed by atoms with Crippen molar-refractivity contribution >= 4 is 17.8 Å². The van der Waals surface area contributed by atoms with Crippen LogP contribution in [0, 0.1) is 0 Å². The number of phenols is 1. The number of aromatic nitrogens is 2. The number of phenolic OH excluding ortho intramolecular Hbond substituents is 1. The normalized spacial score (nSPS) is 13.4. The molecule has 0 aliphatic heterocycles. The Bertz CT molecular complexity index is 1090. The van der Waals surface area contributed by atoms with E-state index in [0.717, 1.165) is 5.56 Å². The summed E-state index contributed by atoms with van der Waals surface area (Å²) in [7, 11) is 0. The van der Waals surface area contributed by atoms with Crippen molar-refractivity contribution in [2.24, 2.45) is 5.73 Å². The lowest BCUT2D eigenvalue weighted by Crippen LogP contribution is -2.55. The highest BCUT2D eigenvalue weighted by Gasteiger charge is 2.28. The van der Waals surface area contributed by atoms with Gasteiger partial charge in [0.25, 0.3) is 0 Å². The number of hydrogen-bond acceptors (Lipinski definition) is 6. The summed E-state index contributed by atoms with van der Waals surface area (Å²) in [5, 5.41) is 24.3. The van der Waals surface area contributed by atoms with Crippen LogP contribution in [0.3, 0.4) is 0 Å². The summed E-state index contributed by atoms with van der Waals surface area (Å²) in [6.07, 6.45) is 3.37. The van der Waals surface area contributed by atoms with E-state index in [1.54, 1.807) is 42.6 Å². The molecule has 3 atom stereocenters. The summed E-state index contributed by atoms with van der Waals surface area (Å²) < 4.78 is 0. The van der Waals surface area contributed by atoms with Gasteiger partial charge in [0.05, 0.1) is 12.4 Å². The molecular formula is C24H27N5O5. The molecule has 0 fully saturated rings. The quantitative estimate of drug-likeness (QED) is 0.240. The van der Waals surface area contributed by atoms with E-state index in [2.05, 4.69) is 20.6 Å². The first-order valence-corrected chi connectivity index (χ1v) is 10.7. The molecule has 0 aliphatic rings. The zero-order chi connectivity index (χ0) is 24.5. The number of carbonyl (C=O) groups is 3. The van der Waals surface area contributed by atoms with Gasteiger partial charge in [0.15, 0.2) is 0 Å². The Kier molecular flexibility index (Phi) is 8.36. The average Bonchev–Trinajstić information content (AvgIpc) is 3.33. The third kappa shape index (κ3) is 7.17. The number of carbonyl (C=O) groups excluding carboxylic acids is 2. The molecule has 1 heterocycles. The van der Waals surface area contributed by atoms with Crippen LogP contribution in [0.2, 0.25) is 0 Å². The number of benzene rings is 2. The molecule has 10 heteroatoms. The number of carboxylic acid groups (broad SMARTS) is 1. The molecular weight excluding hydrogens is 438 g/mol. The van der Waals surface area contributed by atoms with Gasteiger partial charge in [-0.25, -0.2) is 9.78 Å². The fourth-order valence-electron chi connectivity index (χ4n) is 3.40. The lowest BCUT2D eigenvalue weighted by Gasteiger charge is -2.23. The van der Waals surface area contributed by atoms with E-state index in [9.17, 15) is 24.6 Å². The van der Waals surface area contributed by atoms with Gasteiger partial charge < -0.3 is 31.6 Å². The fraction of sp³-hybridized carbons (Fsp3) is 0.250. The first-order valence-electron chi connectivity index (χ1n) is 10.7. The summed E-state index contributed by atoms with van der Waals surface area (Å²) in [5.74, 6) is -2.35. The van der Waals surface area contributed by atoms with Crippen molar-refractivity contribution in [1.29, 1.82) is 0 Å². The van der Waals surface area contributed by atoms with Crippen molar-refractivity contribution in [3.8, 4) is 5.75 Å². The third-order valence-electron chi connectivity index (χ3n) is 5.24. The number of imidazole rings is 1. The summed E-state index contributed by atoms with van der Waals surface area (Å²) in [4.78, 5) is 44.4. The minimum Gasteiger partial charge on any atom is -0.508 e. The van der Waals surface area contributed by atoms with Crippen LogP contribution in [0.1, 0.15) is 16.8 Å². The van der Waals surface area contributed by atoms with Crippen molar-refractivity contribution < 1.29 is 24.6 Å². The number of aromatic amines is 1. The van der Waals surface area contributed by atoms with Crippen molar-refractivity contribution in [3.63, 3.8) is 0 Å². The predicted octanol–water partition coefficient (Wildman–Crippen LogP) is 0.525. The number of aromatic hydroxyl groups is 1. The highest BCUT2D eigenvalue weighted by molar-refractivity contribution is 5.92. The van der Waals surface area contributed by atoms with E-state index in [0.29, 0.717) is 11.3 Å². The van der Waals surface area contributed by atoms with Crippen molar-refractivity contribution in [2.75, 3.05) is 0 Å². The van der Waals surface area contributed by atoms with Crippen LogP contribution in [0.4, 0.5) is 0 Å². The minimum atomic E-state index is -1.19. The Morgan fingerprint density at radius 1 is 0.882 bits per heavy atom. The summed E-state index contributed by atoms with van der Waals surface area (Å²) in [6, 6.07) is 11.9. The van der Waals surface area contributed by atoms with Crippen LogP contribution in [0.25, 0.3) is 0 Å². The molecule has 3 aromatic rings. The average molecular weight is 466 g/mol. The number of nitrogens with two attached hydrogens (primary N) is 1. The summed E-state index contributed by atoms with van der Waals surface area (Å²) >= 11 is 0. The molecule has 0 saturated heterocycles. The van der Waals surface area contributed by atoms with Crippen molar-refractivity contribution in [1.82, 2.24) is 20.6 Å². The molecule has 2 aromatic carbocycles. The van der Waals surface area contributed by atoms with E-state index in [1.807, 2.05) is 6.07 Å². The van der Waals surface area contributed by atoms with Crippen molar-refractivity contribution in [3.05, 3.63) is 83.9 Å². The number of rotatable bonds is 11. The highest BCUT2D eigenvalue weighted by atomic mass is 16.4. The molecule has 0 radical (unpaired) electrons. The predicted molar refractivity (Wildman–Crippen MR) is 124 cm³/mol. The fourth-order valence-corrected chi connectivity index (χ4v) is 3.40. The van der Waals surface area contributed by atoms with Gasteiger partial charge in [-0.1, -0.05) is 42.5 Å². The zero-order valence-electron chi connectivity index (χ0n) is 18.3. The molecule has 3 rings (SSSR count). The topological polar surface area (TPSA) is 170 Å². The molecule has 0 aliphatic carbocycles. The molecule has 0 unspecified atom stereocenters. The zero-order valence-corrected chi connectivity index (χ0v) is 18.3. The standard InChI is InChI=1S/C24H27N5O5/c25-19(12-17-13-26-14-27-17)22(31)28-20(10-16-6-8-18(30)9-7-16)23(32)29-21(24(33)34)11-15-4-2-1-3-5-15/h1-9,13-14,19-21,30H,10-12,25H2,(H,26,27)(H,28,31)(H,29,32)(H,33,34)/t19-,20-,21+/m1/s1. The third-order valence-corrected chi connectivity index (χ3v) is 5.24. The van der Waals surface area contributed by atoms with Crippen LogP contribution in [-0.2, 0) is 33.6 Å². The second kappa shape index (κ2) is 11.6. The van der Waals surface area contributed by atoms with Crippen LogP contribution in [0.5, 0.6) is 5.75 Å². The minimum absolute atomic E-state index is 0.0594. The molecule has 2 amide bonds. The summed E-state index contributed by atoms with van der Waals surface area (Å²) in [6.45, 7) is 0. The Morgan fingerprint density at radius 2 is 1.50 bits per heavy atom. The smallest absolute Gasteiger partial charge is 0.326 e. The van der Waals surface area contributed by atoms with Gasteiger partial charge in [0.2, 0.25) is 11.8 Å². The van der Waals surface area contributed by atoms with Gasteiger partial charge >= 0.3 is 5.97 Å². The maximum Gasteiger partial charge on any atom is 0.326 e. The number of aliphatic carboxylic acids is 1. The van der Waals surface area contributed by atoms with E-state index >= 15 is 0 Å². The van der Waals surface area contributed by atoms with Gasteiger partial charge in [-0.05, 0) is 23.3 Å². The van der Waals surface area contributed by atoms with E-state index in [1.165, 1.54) is 18.5 Å². The first-order chi connectivity index (χ1) is 16.3. The van der Waals surface area contributed by atoms with Gasteiger partial charge in [-0.3, -0.25) is 9.59 Å². The lowest BCUT2D eigenvalue weighted by molar-refractivity contribution is -0.142. The molecule has 7 N–H and O–H groups in total. The van der Waals surface area contributed by atoms with Crippen LogP contribution >= 0.6 is 0 Å². The van der Waals surface area contributed by atoms with Crippen LogP contribution < -0.4 is 16.4 Å². The van der Waals surface area contributed by atoms with Crippen LogP contribution in [-0.4, -0.2) is 56.1 Å². The molecule has 0 spiro atoms. The van der Waals surface area contributed by atoms with E-state index in [4.69, 9.17) is 5.73 Å². The lowest BCUT2D eigenvalue weighted by atomic mass is 10.0. The highest BCUT2D eigenvalue weighted by Crippen LogP contribution is 2.12. The second-order valence-corrected chi connectivity index (χ2v) is 7.91. The molecule has 0 saturated carbocycles. The van der Waals surface area contributed by atoms with Gasteiger partial charge in [-0.2, -0.15) is 0 Å². The SMILES string of the molecule is N[C@H](Cc1cnc[nH]1)C(=O)N[C@H](Cc1ccc(O)cc1)C(=O)N[C@@H](Cc1ccccc1)C(=O)O. The number of hydrogen-bond donors (Lipinski definition) is 6. The molecule has 10 nitrogen and oxygen atoms in total. The molecule has 0 bridgehead atoms. The molecule has 1 aromatic heterocycles. The first kappa shape index (κ1) is 24.5.